The molecule has 1 aromatic carbocycles. The minimum absolute atomic E-state index is 0.429. The van der Waals surface area contributed by atoms with Crippen molar-refractivity contribution in [3.63, 3.8) is 0 Å². The summed E-state index contributed by atoms with van der Waals surface area (Å²) in [5, 5.41) is 9.52. The van der Waals surface area contributed by atoms with Gasteiger partial charge >= 0.3 is 5.97 Å². The topological polar surface area (TPSA) is 43.8 Å². The Morgan fingerprint density at radius 2 is 2.00 bits per heavy atom. The maximum Gasteiger partial charge on any atom is 0.312 e. The second-order valence-electron chi connectivity index (χ2n) is 5.72. The van der Waals surface area contributed by atoms with Crippen LogP contribution in [0.15, 0.2) is 30.3 Å². The number of rotatable bonds is 7. The van der Waals surface area contributed by atoms with Gasteiger partial charge < -0.3 is 10.0 Å². The molecule has 21 heavy (non-hydrogen) atoms. The third-order valence-electron chi connectivity index (χ3n) is 4.52. The highest BCUT2D eigenvalue weighted by Gasteiger charge is 2.30. The van der Waals surface area contributed by atoms with Gasteiger partial charge in [0.2, 0.25) is 0 Å². The van der Waals surface area contributed by atoms with Crippen LogP contribution in [-0.4, -0.2) is 59.6 Å². The maximum atomic E-state index is 11.6. The normalized spacial score (nSPS) is 20.8. The molecule has 4 nitrogen and oxygen atoms in total. The summed E-state index contributed by atoms with van der Waals surface area (Å²) in [5.74, 6) is -1.16. The van der Waals surface area contributed by atoms with E-state index in [-0.39, 0.29) is 0 Å². The predicted octanol–water partition coefficient (Wildman–Crippen LogP) is 2.27. The van der Waals surface area contributed by atoms with Gasteiger partial charge in [-0.05, 0) is 31.6 Å². The van der Waals surface area contributed by atoms with Crippen molar-refractivity contribution in [1.29, 1.82) is 0 Å². The van der Waals surface area contributed by atoms with E-state index in [0.717, 1.165) is 38.2 Å². The summed E-state index contributed by atoms with van der Waals surface area (Å²) < 4.78 is 0. The molecular weight excluding hydrogens is 264 g/mol. The third-order valence-corrected chi connectivity index (χ3v) is 4.52. The number of hydrogen-bond acceptors (Lipinski definition) is 3. The Balaban J connectivity index is 1.98. The summed E-state index contributed by atoms with van der Waals surface area (Å²) in [5.41, 5.74) is 0.899. The number of carboxylic acid groups (broad SMARTS) is 1. The summed E-state index contributed by atoms with van der Waals surface area (Å²) in [4.78, 5) is 16.3. The average molecular weight is 290 g/mol. The van der Waals surface area contributed by atoms with Crippen molar-refractivity contribution in [2.75, 3.05) is 32.7 Å². The van der Waals surface area contributed by atoms with Gasteiger partial charge in [0.15, 0.2) is 0 Å². The fraction of sp³-hybridized carbons (Fsp3) is 0.588. The van der Waals surface area contributed by atoms with Crippen LogP contribution in [0.5, 0.6) is 0 Å². The number of benzene rings is 1. The average Bonchev–Trinajstić information content (AvgIpc) is 2.95. The second-order valence-corrected chi connectivity index (χ2v) is 5.72. The molecule has 0 amide bonds. The van der Waals surface area contributed by atoms with E-state index in [0.29, 0.717) is 12.6 Å². The lowest BCUT2D eigenvalue weighted by Crippen LogP contribution is -2.38. The molecule has 1 aliphatic heterocycles. The van der Waals surface area contributed by atoms with Crippen LogP contribution in [-0.2, 0) is 4.79 Å². The summed E-state index contributed by atoms with van der Waals surface area (Å²) in [6.45, 7) is 9.10. The summed E-state index contributed by atoms with van der Waals surface area (Å²) in [7, 11) is 0. The van der Waals surface area contributed by atoms with Crippen LogP contribution in [0.1, 0.15) is 31.7 Å². The lowest BCUT2D eigenvalue weighted by molar-refractivity contribution is -0.139. The number of nitrogens with zero attached hydrogens (tertiary/aromatic N) is 2. The van der Waals surface area contributed by atoms with Gasteiger partial charge in [-0.15, -0.1) is 0 Å². The first-order valence-corrected chi connectivity index (χ1v) is 7.89. The molecule has 0 saturated carbocycles. The maximum absolute atomic E-state index is 11.6. The fourth-order valence-corrected chi connectivity index (χ4v) is 3.29. The minimum atomic E-state index is -0.729. The van der Waals surface area contributed by atoms with E-state index in [2.05, 4.69) is 23.6 Å². The van der Waals surface area contributed by atoms with Crippen molar-refractivity contribution in [2.24, 2.45) is 0 Å². The summed E-state index contributed by atoms with van der Waals surface area (Å²) in [6.07, 6.45) is 1.14. The molecule has 1 saturated heterocycles. The van der Waals surface area contributed by atoms with Crippen molar-refractivity contribution >= 4 is 5.97 Å². The zero-order valence-corrected chi connectivity index (χ0v) is 13.0. The van der Waals surface area contributed by atoms with Gasteiger partial charge in [0, 0.05) is 19.1 Å². The van der Waals surface area contributed by atoms with Crippen LogP contribution in [0.4, 0.5) is 0 Å². The smallest absolute Gasteiger partial charge is 0.312 e. The number of likely N-dealkylation sites (tertiary alicyclic amines) is 1. The lowest BCUT2D eigenvalue weighted by Gasteiger charge is -2.27. The highest BCUT2D eigenvalue weighted by Crippen LogP contribution is 2.22. The molecule has 1 fully saturated rings. The van der Waals surface area contributed by atoms with Crippen LogP contribution < -0.4 is 0 Å². The Bertz CT molecular complexity index is 445. The molecule has 1 heterocycles. The largest absolute Gasteiger partial charge is 0.481 e. The van der Waals surface area contributed by atoms with Gasteiger partial charge in [-0.3, -0.25) is 9.69 Å². The zero-order valence-electron chi connectivity index (χ0n) is 13.0. The predicted molar refractivity (Wildman–Crippen MR) is 84.6 cm³/mol. The minimum Gasteiger partial charge on any atom is -0.481 e. The van der Waals surface area contributed by atoms with Gasteiger partial charge in [-0.1, -0.05) is 44.2 Å². The molecule has 2 atom stereocenters. The highest BCUT2D eigenvalue weighted by atomic mass is 16.4. The number of likely N-dealkylation sites (N-methyl/N-ethyl adjacent to an activating group) is 1. The first kappa shape index (κ1) is 16.0. The Morgan fingerprint density at radius 1 is 1.33 bits per heavy atom. The van der Waals surface area contributed by atoms with Crippen molar-refractivity contribution in [1.82, 2.24) is 9.80 Å². The Labute approximate surface area is 127 Å². The third kappa shape index (κ3) is 4.05. The number of carboxylic acids is 1. The molecule has 0 spiro atoms. The van der Waals surface area contributed by atoms with Gasteiger partial charge in [0.1, 0.15) is 0 Å². The van der Waals surface area contributed by atoms with Crippen molar-refractivity contribution in [3.8, 4) is 0 Å². The summed E-state index contributed by atoms with van der Waals surface area (Å²) >= 11 is 0. The molecule has 1 N–H and O–H groups in total. The Kier molecular flexibility index (Phi) is 5.76. The van der Waals surface area contributed by atoms with E-state index in [1.54, 1.807) is 0 Å². The summed E-state index contributed by atoms with van der Waals surface area (Å²) in [6, 6.07) is 10.1. The van der Waals surface area contributed by atoms with Crippen molar-refractivity contribution in [3.05, 3.63) is 35.9 Å². The molecule has 116 valence electrons. The highest BCUT2D eigenvalue weighted by molar-refractivity contribution is 5.76. The van der Waals surface area contributed by atoms with Gasteiger partial charge in [-0.25, -0.2) is 0 Å². The quantitative estimate of drug-likeness (QED) is 0.836. The van der Waals surface area contributed by atoms with Crippen molar-refractivity contribution < 1.29 is 9.90 Å². The van der Waals surface area contributed by atoms with Gasteiger partial charge in [-0.2, -0.15) is 0 Å². The van der Waals surface area contributed by atoms with E-state index in [1.807, 2.05) is 30.3 Å². The van der Waals surface area contributed by atoms with E-state index < -0.39 is 11.9 Å². The number of carbonyl (C=O) groups is 1. The van der Waals surface area contributed by atoms with E-state index in [9.17, 15) is 9.90 Å². The van der Waals surface area contributed by atoms with Crippen LogP contribution >= 0.6 is 0 Å². The molecule has 1 aliphatic rings. The molecule has 0 aromatic heterocycles. The van der Waals surface area contributed by atoms with Crippen LogP contribution in [0, 0.1) is 0 Å². The van der Waals surface area contributed by atoms with Crippen LogP contribution in [0.3, 0.4) is 0 Å². The van der Waals surface area contributed by atoms with Crippen molar-refractivity contribution in [2.45, 2.75) is 32.2 Å². The van der Waals surface area contributed by atoms with E-state index in [4.69, 9.17) is 0 Å². The lowest BCUT2D eigenvalue weighted by atomic mass is 9.99. The van der Waals surface area contributed by atoms with Gasteiger partial charge in [0.05, 0.1) is 5.92 Å². The zero-order chi connectivity index (χ0) is 15.2. The first-order chi connectivity index (χ1) is 10.2. The molecule has 2 unspecified atom stereocenters. The Morgan fingerprint density at radius 3 is 2.57 bits per heavy atom. The van der Waals surface area contributed by atoms with E-state index >= 15 is 0 Å². The number of hydrogen-bond donors (Lipinski definition) is 1. The van der Waals surface area contributed by atoms with Gasteiger partial charge in [0.25, 0.3) is 0 Å². The number of aliphatic carboxylic acids is 1. The molecule has 0 bridgehead atoms. The molecule has 4 heteroatoms. The molecule has 2 rings (SSSR count). The standard InChI is InChI=1S/C17H26N2O2/c1-3-19(4-2)15-10-11-18(12-15)13-16(17(20)21)14-8-6-5-7-9-14/h5-9,15-16H,3-4,10-13H2,1-2H3,(H,20,21). The SMILES string of the molecule is CCN(CC)C1CCN(CC(C(=O)O)c2ccccc2)C1. The van der Waals surface area contributed by atoms with E-state index in [1.165, 1.54) is 0 Å². The monoisotopic (exact) mass is 290 g/mol. The van der Waals surface area contributed by atoms with Crippen LogP contribution in [0.2, 0.25) is 0 Å². The first-order valence-electron chi connectivity index (χ1n) is 7.89. The second kappa shape index (κ2) is 7.57. The molecule has 1 aromatic rings. The van der Waals surface area contributed by atoms with Crippen LogP contribution in [0.25, 0.3) is 0 Å². The molecule has 0 aliphatic carbocycles. The Hall–Kier alpha value is -1.39. The molecular formula is C17H26N2O2. The molecule has 0 radical (unpaired) electrons. The fourth-order valence-electron chi connectivity index (χ4n) is 3.29.